The molecular formula is C24H36BrNO2. The van der Waals surface area contributed by atoms with Crippen LogP contribution in [0.4, 0.5) is 0 Å². The molecule has 0 saturated carbocycles. The highest BCUT2D eigenvalue weighted by Crippen LogP contribution is 2.48. The molecule has 0 aliphatic carbocycles. The lowest BCUT2D eigenvalue weighted by atomic mass is 9.75. The smallest absolute Gasteiger partial charge is 0.226 e. The molecule has 3 rings (SSSR count). The van der Waals surface area contributed by atoms with E-state index in [2.05, 4.69) is 73.6 Å². The van der Waals surface area contributed by atoms with Gasteiger partial charge in [-0.1, -0.05) is 57.0 Å². The number of hydrogen-bond donors (Lipinski definition) is 0. The maximum Gasteiger partial charge on any atom is 0.226 e. The summed E-state index contributed by atoms with van der Waals surface area (Å²) in [6, 6.07) is 6.43. The molecule has 1 amide bonds. The topological polar surface area (TPSA) is 29.5 Å². The zero-order valence-electron chi connectivity index (χ0n) is 18.2. The van der Waals surface area contributed by atoms with Gasteiger partial charge in [-0.2, -0.15) is 0 Å². The van der Waals surface area contributed by atoms with Crippen LogP contribution in [0, 0.1) is 11.3 Å². The fourth-order valence-electron chi connectivity index (χ4n) is 5.19. The van der Waals surface area contributed by atoms with Gasteiger partial charge in [0.1, 0.15) is 11.4 Å². The number of carbonyl (C=O) groups excluding carboxylic acids is 1. The zero-order valence-corrected chi connectivity index (χ0v) is 19.8. The fourth-order valence-corrected chi connectivity index (χ4v) is 5.57. The molecule has 1 saturated heterocycles. The van der Waals surface area contributed by atoms with Gasteiger partial charge < -0.3 is 9.64 Å². The van der Waals surface area contributed by atoms with Crippen molar-refractivity contribution in [2.45, 2.75) is 84.7 Å². The molecule has 3 nitrogen and oxygen atoms in total. The van der Waals surface area contributed by atoms with E-state index in [1.165, 1.54) is 18.4 Å². The van der Waals surface area contributed by atoms with Crippen LogP contribution in [-0.4, -0.2) is 29.5 Å². The van der Waals surface area contributed by atoms with Crippen molar-refractivity contribution >= 4 is 21.8 Å². The minimum Gasteiger partial charge on any atom is -0.487 e. The van der Waals surface area contributed by atoms with Crippen LogP contribution in [0.3, 0.4) is 0 Å². The molecular weight excluding hydrogens is 414 g/mol. The number of fused-ring (bicyclic) bond motifs is 1. The predicted molar refractivity (Wildman–Crippen MR) is 119 cm³/mol. The third-order valence-corrected chi connectivity index (χ3v) is 7.22. The van der Waals surface area contributed by atoms with E-state index in [-0.39, 0.29) is 16.9 Å². The summed E-state index contributed by atoms with van der Waals surface area (Å²) in [6.07, 6.45) is 6.23. The van der Waals surface area contributed by atoms with E-state index in [0.29, 0.717) is 11.8 Å². The molecule has 2 aliphatic heterocycles. The molecule has 4 heteroatoms. The van der Waals surface area contributed by atoms with Gasteiger partial charge in [0.2, 0.25) is 5.91 Å². The van der Waals surface area contributed by atoms with E-state index in [9.17, 15) is 4.79 Å². The number of piperidine rings is 1. The maximum atomic E-state index is 13.1. The standard InChI is InChI=1S/C24H36BrNO2/c1-6-8-17-16-24(28-21-10-9-18(25)15-19(17)21)11-13-26(14-12-24)22(27)20(7-2)23(3,4)5/h9-10,15,17,20H,6-8,11-14,16H2,1-5H3. The normalized spacial score (nSPS) is 22.5. The highest BCUT2D eigenvalue weighted by molar-refractivity contribution is 9.10. The summed E-state index contributed by atoms with van der Waals surface area (Å²) in [4.78, 5) is 15.2. The first-order chi connectivity index (χ1) is 13.2. The van der Waals surface area contributed by atoms with Gasteiger partial charge in [-0.3, -0.25) is 4.79 Å². The Morgan fingerprint density at radius 1 is 1.29 bits per heavy atom. The molecule has 1 aromatic rings. The summed E-state index contributed by atoms with van der Waals surface area (Å²) in [5, 5.41) is 0. The van der Waals surface area contributed by atoms with Crippen LogP contribution in [0.2, 0.25) is 0 Å². The van der Waals surface area contributed by atoms with Gasteiger partial charge in [0.25, 0.3) is 0 Å². The molecule has 2 atom stereocenters. The molecule has 2 aliphatic rings. The first-order valence-electron chi connectivity index (χ1n) is 11.0. The van der Waals surface area contributed by atoms with Crippen molar-refractivity contribution in [3.05, 3.63) is 28.2 Å². The van der Waals surface area contributed by atoms with Crippen molar-refractivity contribution in [2.75, 3.05) is 13.1 Å². The molecule has 28 heavy (non-hydrogen) atoms. The van der Waals surface area contributed by atoms with Crippen LogP contribution in [0.15, 0.2) is 22.7 Å². The number of benzene rings is 1. The Hall–Kier alpha value is -1.03. The van der Waals surface area contributed by atoms with Crippen LogP contribution < -0.4 is 4.74 Å². The lowest BCUT2D eigenvalue weighted by molar-refractivity contribution is -0.143. The van der Waals surface area contributed by atoms with Gasteiger partial charge in [0.05, 0.1) is 0 Å². The molecule has 156 valence electrons. The average Bonchev–Trinajstić information content (AvgIpc) is 2.62. The van der Waals surface area contributed by atoms with Gasteiger partial charge in [-0.15, -0.1) is 0 Å². The highest BCUT2D eigenvalue weighted by atomic mass is 79.9. The first-order valence-corrected chi connectivity index (χ1v) is 11.8. The van der Waals surface area contributed by atoms with Crippen molar-refractivity contribution < 1.29 is 9.53 Å². The first kappa shape index (κ1) is 21.7. The Morgan fingerprint density at radius 2 is 1.96 bits per heavy atom. The lowest BCUT2D eigenvalue weighted by Gasteiger charge is -2.48. The number of likely N-dealkylation sites (tertiary alicyclic amines) is 1. The number of halogens is 1. The Morgan fingerprint density at radius 3 is 2.54 bits per heavy atom. The second-order valence-electron chi connectivity index (χ2n) is 9.81. The number of amides is 1. The maximum absolute atomic E-state index is 13.1. The van der Waals surface area contributed by atoms with Crippen molar-refractivity contribution in [3.8, 4) is 5.75 Å². The van der Waals surface area contributed by atoms with Crippen molar-refractivity contribution in [2.24, 2.45) is 11.3 Å². The quantitative estimate of drug-likeness (QED) is 0.521. The van der Waals surface area contributed by atoms with Gasteiger partial charge in [0, 0.05) is 36.3 Å². The van der Waals surface area contributed by atoms with E-state index >= 15 is 0 Å². The highest BCUT2D eigenvalue weighted by Gasteiger charge is 2.45. The summed E-state index contributed by atoms with van der Waals surface area (Å²) in [6.45, 7) is 12.6. The lowest BCUT2D eigenvalue weighted by Crippen LogP contribution is -2.53. The molecule has 0 N–H and O–H groups in total. The molecule has 2 unspecified atom stereocenters. The third kappa shape index (κ3) is 4.42. The van der Waals surface area contributed by atoms with Crippen molar-refractivity contribution in [1.82, 2.24) is 4.90 Å². The fraction of sp³-hybridized carbons (Fsp3) is 0.708. The molecule has 1 aromatic carbocycles. The summed E-state index contributed by atoms with van der Waals surface area (Å²) in [7, 11) is 0. The summed E-state index contributed by atoms with van der Waals surface area (Å²) in [5.41, 5.74) is 1.25. The van der Waals surface area contributed by atoms with E-state index in [1.807, 2.05) is 0 Å². The van der Waals surface area contributed by atoms with E-state index in [4.69, 9.17) is 4.74 Å². The number of nitrogens with zero attached hydrogens (tertiary/aromatic N) is 1. The SMILES string of the molecule is CCCC1CC2(CCN(C(=O)C(CC)C(C)(C)C)CC2)Oc2ccc(Br)cc21. The molecule has 1 fully saturated rings. The van der Waals surface area contributed by atoms with Gasteiger partial charge >= 0.3 is 0 Å². The zero-order chi connectivity index (χ0) is 20.5. The van der Waals surface area contributed by atoms with E-state index in [1.54, 1.807) is 0 Å². The van der Waals surface area contributed by atoms with Gasteiger partial charge in [-0.05, 0) is 54.4 Å². The van der Waals surface area contributed by atoms with Crippen LogP contribution in [-0.2, 0) is 4.79 Å². The second kappa shape index (κ2) is 8.38. The number of ether oxygens (including phenoxy) is 1. The molecule has 1 spiro atoms. The molecule has 0 aromatic heterocycles. The van der Waals surface area contributed by atoms with Crippen LogP contribution in [0.5, 0.6) is 5.75 Å². The van der Waals surface area contributed by atoms with Crippen LogP contribution >= 0.6 is 15.9 Å². The second-order valence-corrected chi connectivity index (χ2v) is 10.7. The Balaban J connectivity index is 1.74. The van der Waals surface area contributed by atoms with Gasteiger partial charge in [0.15, 0.2) is 0 Å². The monoisotopic (exact) mass is 449 g/mol. The Labute approximate surface area is 179 Å². The van der Waals surface area contributed by atoms with Crippen LogP contribution in [0.1, 0.15) is 84.6 Å². The molecule has 2 heterocycles. The minimum absolute atomic E-state index is 0.0147. The van der Waals surface area contributed by atoms with Crippen molar-refractivity contribution in [3.63, 3.8) is 0 Å². The third-order valence-electron chi connectivity index (χ3n) is 6.73. The molecule has 0 bridgehead atoms. The molecule has 0 radical (unpaired) electrons. The van der Waals surface area contributed by atoms with Gasteiger partial charge in [-0.25, -0.2) is 0 Å². The Kier molecular flexibility index (Phi) is 6.48. The van der Waals surface area contributed by atoms with Crippen molar-refractivity contribution in [1.29, 1.82) is 0 Å². The largest absolute Gasteiger partial charge is 0.487 e. The Bertz CT molecular complexity index is 701. The van der Waals surface area contributed by atoms with E-state index in [0.717, 1.165) is 49.0 Å². The number of carbonyl (C=O) groups is 1. The summed E-state index contributed by atoms with van der Waals surface area (Å²) >= 11 is 3.62. The average molecular weight is 450 g/mol. The predicted octanol–water partition coefficient (Wildman–Crippen LogP) is 6.55. The van der Waals surface area contributed by atoms with E-state index < -0.39 is 0 Å². The number of rotatable bonds is 4. The number of hydrogen-bond acceptors (Lipinski definition) is 2. The summed E-state index contributed by atoms with van der Waals surface area (Å²) in [5.74, 6) is 2.02. The summed E-state index contributed by atoms with van der Waals surface area (Å²) < 4.78 is 7.74. The minimum atomic E-state index is -0.110. The van der Waals surface area contributed by atoms with Crippen LogP contribution in [0.25, 0.3) is 0 Å².